The molecule has 0 bridgehead atoms. The summed E-state index contributed by atoms with van der Waals surface area (Å²) in [4.78, 5) is 10.8. The van der Waals surface area contributed by atoms with Crippen LogP contribution >= 0.6 is 11.8 Å². The Labute approximate surface area is 65.7 Å². The molecule has 0 unspecified atom stereocenters. The highest BCUT2D eigenvalue weighted by atomic mass is 32.2. The van der Waals surface area contributed by atoms with Gasteiger partial charge in [0.05, 0.1) is 5.75 Å². The van der Waals surface area contributed by atoms with Crippen molar-refractivity contribution in [3.63, 3.8) is 0 Å². The van der Waals surface area contributed by atoms with Crippen LogP contribution in [0, 0.1) is 0 Å². The van der Waals surface area contributed by atoms with Crippen LogP contribution in [0.3, 0.4) is 0 Å². The monoisotopic (exact) mass is 162 g/mol. The summed E-state index contributed by atoms with van der Waals surface area (Å²) >= 11 is 1.61. The molecule has 0 aliphatic carbocycles. The Hall–Kier alpha value is -0.220. The lowest BCUT2D eigenvalue weighted by atomic mass is 10.6. The maximum absolute atomic E-state index is 10.8. The Kier molecular flexibility index (Phi) is 6.74. The fourth-order valence-electron chi connectivity index (χ4n) is 0.457. The van der Waals surface area contributed by atoms with Crippen LogP contribution in [0.1, 0.15) is 6.92 Å². The van der Waals surface area contributed by atoms with Crippen LogP contribution in [0.15, 0.2) is 0 Å². The van der Waals surface area contributed by atoms with Gasteiger partial charge in [-0.3, -0.25) is 4.79 Å². The summed E-state index contributed by atoms with van der Waals surface area (Å²) in [5.74, 6) is 1.62. The zero-order valence-corrected chi connectivity index (χ0v) is 7.04. The van der Waals surface area contributed by atoms with Crippen molar-refractivity contribution in [2.24, 2.45) is 5.73 Å². The number of carbonyl (C=O) groups is 1. The van der Waals surface area contributed by atoms with Crippen molar-refractivity contribution in [3.8, 4) is 0 Å². The van der Waals surface area contributed by atoms with Crippen LogP contribution in [0.5, 0.6) is 0 Å². The third-order valence-electron chi connectivity index (χ3n) is 0.904. The number of hydrogen-bond acceptors (Lipinski definition) is 3. The normalized spacial score (nSPS) is 9.40. The van der Waals surface area contributed by atoms with Gasteiger partial charge in [-0.1, -0.05) is 6.92 Å². The number of amides is 1. The van der Waals surface area contributed by atoms with Gasteiger partial charge in [0.25, 0.3) is 0 Å². The van der Waals surface area contributed by atoms with Gasteiger partial charge in [0.15, 0.2) is 0 Å². The van der Waals surface area contributed by atoms with E-state index in [2.05, 4.69) is 5.32 Å². The van der Waals surface area contributed by atoms with Crippen LogP contribution in [0.2, 0.25) is 0 Å². The minimum atomic E-state index is 0.0808. The van der Waals surface area contributed by atoms with E-state index in [1.54, 1.807) is 11.8 Å². The Morgan fingerprint density at radius 2 is 2.40 bits per heavy atom. The SMILES string of the molecule is CCSCC(=O)NCCN. The molecule has 0 saturated carbocycles. The van der Waals surface area contributed by atoms with Gasteiger partial charge in [-0.25, -0.2) is 0 Å². The van der Waals surface area contributed by atoms with Gasteiger partial charge in [-0.15, -0.1) is 0 Å². The summed E-state index contributed by atoms with van der Waals surface area (Å²) in [6.07, 6.45) is 0. The van der Waals surface area contributed by atoms with Crippen molar-refractivity contribution >= 4 is 17.7 Å². The standard InChI is InChI=1S/C6H14N2OS/c1-2-10-5-6(9)8-4-3-7/h2-5,7H2,1H3,(H,8,9). The molecule has 3 N–H and O–H groups in total. The fourth-order valence-corrected chi connectivity index (χ4v) is 0.949. The average Bonchev–Trinajstić information content (AvgIpc) is 1.97. The summed E-state index contributed by atoms with van der Waals surface area (Å²) in [7, 11) is 0. The zero-order chi connectivity index (χ0) is 7.82. The van der Waals surface area contributed by atoms with Crippen LogP contribution in [-0.2, 0) is 4.79 Å². The van der Waals surface area contributed by atoms with E-state index >= 15 is 0 Å². The number of hydrogen-bond donors (Lipinski definition) is 2. The highest BCUT2D eigenvalue weighted by molar-refractivity contribution is 7.99. The predicted octanol–water partition coefficient (Wildman–Crippen LogP) is -0.186. The van der Waals surface area contributed by atoms with E-state index in [1.165, 1.54) is 0 Å². The molecule has 60 valence electrons. The number of nitrogens with two attached hydrogens (primary N) is 1. The number of nitrogens with one attached hydrogen (secondary N) is 1. The Balaban J connectivity index is 3.09. The van der Waals surface area contributed by atoms with Crippen molar-refractivity contribution in [2.75, 3.05) is 24.6 Å². The number of rotatable bonds is 5. The van der Waals surface area contributed by atoms with E-state index in [9.17, 15) is 4.79 Å². The first-order chi connectivity index (χ1) is 4.81. The Morgan fingerprint density at radius 3 is 2.90 bits per heavy atom. The summed E-state index contributed by atoms with van der Waals surface area (Å²) in [5, 5.41) is 2.68. The molecule has 0 aliphatic rings. The maximum atomic E-state index is 10.8. The van der Waals surface area contributed by atoms with E-state index < -0.39 is 0 Å². The first kappa shape index (κ1) is 9.78. The quantitative estimate of drug-likeness (QED) is 0.589. The van der Waals surface area contributed by atoms with Gasteiger partial charge >= 0.3 is 0 Å². The first-order valence-electron chi connectivity index (χ1n) is 3.35. The summed E-state index contributed by atoms with van der Waals surface area (Å²) in [6.45, 7) is 3.13. The molecule has 4 heteroatoms. The maximum Gasteiger partial charge on any atom is 0.230 e. The van der Waals surface area contributed by atoms with Crippen molar-refractivity contribution < 1.29 is 4.79 Å². The summed E-state index contributed by atoms with van der Waals surface area (Å²) in [5.41, 5.74) is 5.18. The van der Waals surface area contributed by atoms with E-state index in [0.29, 0.717) is 18.8 Å². The van der Waals surface area contributed by atoms with Crippen LogP contribution < -0.4 is 11.1 Å². The van der Waals surface area contributed by atoms with Gasteiger partial charge < -0.3 is 11.1 Å². The second-order valence-corrected chi connectivity index (χ2v) is 3.05. The second kappa shape index (κ2) is 6.89. The van der Waals surface area contributed by atoms with Crippen molar-refractivity contribution in [1.29, 1.82) is 0 Å². The molecule has 0 aromatic carbocycles. The van der Waals surface area contributed by atoms with Gasteiger partial charge in [0.1, 0.15) is 0 Å². The van der Waals surface area contributed by atoms with Crippen LogP contribution in [0.25, 0.3) is 0 Å². The molecule has 0 aliphatic heterocycles. The summed E-state index contributed by atoms with van der Waals surface area (Å²) in [6, 6.07) is 0. The van der Waals surface area contributed by atoms with E-state index in [0.717, 1.165) is 5.75 Å². The third kappa shape index (κ3) is 5.91. The fraction of sp³-hybridized carbons (Fsp3) is 0.833. The van der Waals surface area contributed by atoms with Crippen molar-refractivity contribution in [1.82, 2.24) is 5.32 Å². The first-order valence-corrected chi connectivity index (χ1v) is 4.51. The minimum absolute atomic E-state index is 0.0808. The van der Waals surface area contributed by atoms with Crippen LogP contribution in [0.4, 0.5) is 0 Å². The number of carbonyl (C=O) groups excluding carboxylic acids is 1. The molecule has 0 saturated heterocycles. The smallest absolute Gasteiger partial charge is 0.230 e. The molecular formula is C6H14N2OS. The van der Waals surface area contributed by atoms with Crippen LogP contribution in [-0.4, -0.2) is 30.5 Å². The molecular weight excluding hydrogens is 148 g/mol. The molecule has 3 nitrogen and oxygen atoms in total. The predicted molar refractivity (Wildman–Crippen MR) is 45.1 cm³/mol. The molecule has 0 fully saturated rings. The highest BCUT2D eigenvalue weighted by Gasteiger charge is 1.96. The second-order valence-electron chi connectivity index (χ2n) is 1.78. The third-order valence-corrected chi connectivity index (χ3v) is 1.78. The van der Waals surface area contributed by atoms with Gasteiger partial charge in [0, 0.05) is 13.1 Å². The van der Waals surface area contributed by atoms with Gasteiger partial charge in [-0.2, -0.15) is 11.8 Å². The molecule has 10 heavy (non-hydrogen) atoms. The number of thioether (sulfide) groups is 1. The van der Waals surface area contributed by atoms with E-state index in [-0.39, 0.29) is 5.91 Å². The van der Waals surface area contributed by atoms with E-state index in [1.807, 2.05) is 6.92 Å². The molecule has 0 heterocycles. The molecule has 0 radical (unpaired) electrons. The molecule has 0 aromatic rings. The average molecular weight is 162 g/mol. The largest absolute Gasteiger partial charge is 0.354 e. The lowest BCUT2D eigenvalue weighted by Crippen LogP contribution is -2.30. The zero-order valence-electron chi connectivity index (χ0n) is 6.22. The topological polar surface area (TPSA) is 55.1 Å². The molecule has 0 aromatic heterocycles. The lowest BCUT2D eigenvalue weighted by molar-refractivity contribution is -0.118. The van der Waals surface area contributed by atoms with Crippen molar-refractivity contribution in [2.45, 2.75) is 6.92 Å². The van der Waals surface area contributed by atoms with Crippen molar-refractivity contribution in [3.05, 3.63) is 0 Å². The Bertz CT molecular complexity index is 87.7. The highest BCUT2D eigenvalue weighted by Crippen LogP contribution is 1.95. The summed E-state index contributed by atoms with van der Waals surface area (Å²) < 4.78 is 0. The van der Waals surface area contributed by atoms with Gasteiger partial charge in [0.2, 0.25) is 5.91 Å². The Morgan fingerprint density at radius 1 is 1.70 bits per heavy atom. The molecule has 0 spiro atoms. The molecule has 1 amide bonds. The molecule has 0 atom stereocenters. The van der Waals surface area contributed by atoms with E-state index in [4.69, 9.17) is 5.73 Å². The lowest BCUT2D eigenvalue weighted by Gasteiger charge is -2.00. The minimum Gasteiger partial charge on any atom is -0.354 e. The van der Waals surface area contributed by atoms with Gasteiger partial charge in [-0.05, 0) is 5.75 Å². The molecule has 0 rings (SSSR count).